The van der Waals surface area contributed by atoms with Crippen molar-refractivity contribution in [2.24, 2.45) is 5.10 Å². The molecule has 0 bridgehead atoms. The van der Waals surface area contributed by atoms with Crippen molar-refractivity contribution in [3.63, 3.8) is 0 Å². The Morgan fingerprint density at radius 1 is 1.38 bits per heavy atom. The number of amides is 2. The first-order valence-electron chi connectivity index (χ1n) is 7.39. The second kappa shape index (κ2) is 6.95. The molecule has 3 rings (SSSR count). The highest BCUT2D eigenvalue weighted by Crippen LogP contribution is 2.24. The Kier molecular flexibility index (Phi) is 4.55. The smallest absolute Gasteiger partial charge is 0.267 e. The summed E-state index contributed by atoms with van der Waals surface area (Å²) in [6.07, 6.45) is 0.585. The zero-order valence-corrected chi connectivity index (χ0v) is 13.0. The molecule has 0 unspecified atom stereocenters. The van der Waals surface area contributed by atoms with E-state index in [4.69, 9.17) is 9.26 Å². The number of hydrogen-bond donors (Lipinski definition) is 2. The van der Waals surface area contributed by atoms with E-state index in [1.807, 2.05) is 24.3 Å². The molecule has 1 aromatic carbocycles. The first kappa shape index (κ1) is 15.7. The number of carbonyl (C=O) groups is 2. The third-order valence-electron chi connectivity index (χ3n) is 3.51. The number of rotatable bonds is 5. The highest BCUT2D eigenvalue weighted by molar-refractivity contribution is 6.39. The topological polar surface area (TPSA) is 106 Å². The molecule has 0 radical (unpaired) electrons. The average Bonchev–Trinajstić information content (AvgIpc) is 3.09. The molecule has 0 atom stereocenters. The lowest BCUT2D eigenvalue weighted by molar-refractivity contribution is -0.121. The van der Waals surface area contributed by atoms with E-state index in [1.165, 1.54) is 0 Å². The van der Waals surface area contributed by atoms with Crippen molar-refractivity contribution in [1.29, 1.82) is 0 Å². The summed E-state index contributed by atoms with van der Waals surface area (Å²) < 4.78 is 10.5. The van der Waals surface area contributed by atoms with Gasteiger partial charge in [0.15, 0.2) is 5.76 Å². The summed E-state index contributed by atoms with van der Waals surface area (Å²) >= 11 is 0. The maximum Gasteiger partial charge on any atom is 0.267 e. The Bertz CT molecular complexity index is 797. The molecule has 1 aliphatic heterocycles. The van der Waals surface area contributed by atoms with Gasteiger partial charge < -0.3 is 14.6 Å². The van der Waals surface area contributed by atoms with Crippen molar-refractivity contribution in [2.45, 2.75) is 19.4 Å². The number of benzene rings is 1. The zero-order chi connectivity index (χ0) is 16.9. The molecule has 2 aromatic rings. The van der Waals surface area contributed by atoms with Crippen LogP contribution in [-0.2, 0) is 16.1 Å². The van der Waals surface area contributed by atoms with Gasteiger partial charge in [0.05, 0.1) is 13.7 Å². The Labute approximate surface area is 137 Å². The van der Waals surface area contributed by atoms with E-state index in [1.54, 1.807) is 13.2 Å². The quantitative estimate of drug-likeness (QED) is 0.859. The van der Waals surface area contributed by atoms with E-state index in [0.717, 1.165) is 11.3 Å². The van der Waals surface area contributed by atoms with Crippen LogP contribution in [-0.4, -0.2) is 29.8 Å². The summed E-state index contributed by atoms with van der Waals surface area (Å²) in [5.41, 5.74) is 4.00. The van der Waals surface area contributed by atoms with Gasteiger partial charge in [-0.2, -0.15) is 5.10 Å². The fourth-order valence-corrected chi connectivity index (χ4v) is 2.22. The van der Waals surface area contributed by atoms with Crippen molar-refractivity contribution < 1.29 is 18.8 Å². The fraction of sp³-hybridized carbons (Fsp3) is 0.250. The van der Waals surface area contributed by atoms with Crippen molar-refractivity contribution in [2.75, 3.05) is 7.11 Å². The molecule has 1 aliphatic rings. The highest BCUT2D eigenvalue weighted by Gasteiger charge is 2.18. The largest absolute Gasteiger partial charge is 0.497 e. The van der Waals surface area contributed by atoms with E-state index in [2.05, 4.69) is 21.0 Å². The van der Waals surface area contributed by atoms with Crippen LogP contribution in [0.4, 0.5) is 0 Å². The Balaban J connectivity index is 1.62. The molecule has 24 heavy (non-hydrogen) atoms. The maximum atomic E-state index is 12.0. The minimum atomic E-state index is -0.332. The normalized spacial score (nSPS) is 13.9. The van der Waals surface area contributed by atoms with Crippen LogP contribution in [0.5, 0.6) is 5.75 Å². The van der Waals surface area contributed by atoms with Crippen LogP contribution in [0.1, 0.15) is 18.5 Å². The van der Waals surface area contributed by atoms with Crippen molar-refractivity contribution in [3.05, 3.63) is 36.0 Å². The molecule has 0 spiro atoms. The number of aromatic nitrogens is 1. The number of nitrogens with one attached hydrogen (secondary N) is 2. The number of carbonyl (C=O) groups excluding carboxylic acids is 2. The Morgan fingerprint density at radius 2 is 2.25 bits per heavy atom. The van der Waals surface area contributed by atoms with Crippen LogP contribution >= 0.6 is 0 Å². The van der Waals surface area contributed by atoms with Crippen LogP contribution in [0.25, 0.3) is 11.3 Å². The summed E-state index contributed by atoms with van der Waals surface area (Å²) in [6.45, 7) is 0.208. The van der Waals surface area contributed by atoms with Gasteiger partial charge in [0.2, 0.25) is 5.91 Å². The van der Waals surface area contributed by atoms with Crippen LogP contribution < -0.4 is 15.5 Å². The lowest BCUT2D eigenvalue weighted by Gasteiger charge is -2.11. The molecule has 1 aromatic heterocycles. The molecule has 124 valence electrons. The average molecular weight is 328 g/mol. The minimum absolute atomic E-state index is 0.189. The molecule has 2 N–H and O–H groups in total. The van der Waals surface area contributed by atoms with Gasteiger partial charge in [-0.25, -0.2) is 5.43 Å². The van der Waals surface area contributed by atoms with Crippen molar-refractivity contribution in [1.82, 2.24) is 15.9 Å². The Hall–Kier alpha value is -3.16. The lowest BCUT2D eigenvalue weighted by atomic mass is 10.1. The first-order chi connectivity index (χ1) is 11.7. The summed E-state index contributed by atoms with van der Waals surface area (Å²) in [5, 5.41) is 10.4. The van der Waals surface area contributed by atoms with Crippen LogP contribution in [0.15, 0.2) is 40.0 Å². The number of hydrogen-bond acceptors (Lipinski definition) is 6. The third-order valence-corrected chi connectivity index (χ3v) is 3.51. The number of hydrazone groups is 1. The molecule has 8 heteroatoms. The summed E-state index contributed by atoms with van der Waals surface area (Å²) in [5.74, 6) is 0.781. The summed E-state index contributed by atoms with van der Waals surface area (Å²) in [6, 6.07) is 9.16. The van der Waals surface area contributed by atoms with Gasteiger partial charge in [-0.3, -0.25) is 9.59 Å². The molecule has 2 amide bonds. The fourth-order valence-electron chi connectivity index (χ4n) is 2.22. The summed E-state index contributed by atoms with van der Waals surface area (Å²) in [7, 11) is 1.59. The highest BCUT2D eigenvalue weighted by atomic mass is 16.5. The second-order valence-electron chi connectivity index (χ2n) is 5.19. The molecule has 0 fully saturated rings. The molecule has 0 saturated carbocycles. The van der Waals surface area contributed by atoms with Gasteiger partial charge in [-0.15, -0.1) is 0 Å². The SMILES string of the molecule is COc1cccc(-c2cc(CNC(=O)C3=NNC(=O)CC3)no2)c1. The van der Waals surface area contributed by atoms with Crippen LogP contribution in [0, 0.1) is 0 Å². The number of ether oxygens (including phenoxy) is 1. The van der Waals surface area contributed by atoms with Gasteiger partial charge in [0, 0.05) is 24.5 Å². The van der Waals surface area contributed by atoms with Crippen molar-refractivity contribution >= 4 is 17.5 Å². The van der Waals surface area contributed by atoms with E-state index in [0.29, 0.717) is 23.6 Å². The van der Waals surface area contributed by atoms with Gasteiger partial charge in [-0.05, 0) is 12.1 Å². The van der Waals surface area contributed by atoms with Gasteiger partial charge in [0.25, 0.3) is 5.91 Å². The molecule has 2 heterocycles. The second-order valence-corrected chi connectivity index (χ2v) is 5.19. The van der Waals surface area contributed by atoms with E-state index in [-0.39, 0.29) is 24.8 Å². The monoisotopic (exact) mass is 328 g/mol. The van der Waals surface area contributed by atoms with E-state index < -0.39 is 0 Å². The zero-order valence-electron chi connectivity index (χ0n) is 13.0. The van der Waals surface area contributed by atoms with Crippen molar-refractivity contribution in [3.8, 4) is 17.1 Å². The van der Waals surface area contributed by atoms with Gasteiger partial charge in [-0.1, -0.05) is 17.3 Å². The maximum absolute atomic E-state index is 12.0. The first-order valence-corrected chi connectivity index (χ1v) is 7.39. The third kappa shape index (κ3) is 3.60. The Morgan fingerprint density at radius 3 is 3.00 bits per heavy atom. The molecular formula is C16H16N4O4. The molecular weight excluding hydrogens is 312 g/mol. The van der Waals surface area contributed by atoms with Gasteiger partial charge >= 0.3 is 0 Å². The van der Waals surface area contributed by atoms with E-state index >= 15 is 0 Å². The van der Waals surface area contributed by atoms with Crippen LogP contribution in [0.2, 0.25) is 0 Å². The summed E-state index contributed by atoms with van der Waals surface area (Å²) in [4.78, 5) is 23.0. The standard InChI is InChI=1S/C16H16N4O4/c1-23-12-4-2-3-10(7-12)14-8-11(20-24-14)9-17-16(22)13-5-6-15(21)19-18-13/h2-4,7-8H,5-6,9H2,1H3,(H,17,22)(H,19,21). The number of methoxy groups -OCH3 is 1. The predicted octanol–water partition coefficient (Wildman–Crippen LogP) is 1.23. The van der Waals surface area contributed by atoms with E-state index in [9.17, 15) is 9.59 Å². The number of nitrogens with zero attached hydrogens (tertiary/aromatic N) is 2. The lowest BCUT2D eigenvalue weighted by Crippen LogP contribution is -2.36. The molecule has 8 nitrogen and oxygen atoms in total. The molecule has 0 saturated heterocycles. The minimum Gasteiger partial charge on any atom is -0.497 e. The molecule has 0 aliphatic carbocycles. The van der Waals surface area contributed by atoms with Gasteiger partial charge in [0.1, 0.15) is 17.2 Å². The van der Waals surface area contributed by atoms with Crippen LogP contribution in [0.3, 0.4) is 0 Å². The predicted molar refractivity (Wildman–Crippen MR) is 85.1 cm³/mol.